The van der Waals surface area contributed by atoms with E-state index in [1.165, 1.54) is 4.57 Å². The molecule has 0 saturated heterocycles. The van der Waals surface area contributed by atoms with E-state index in [2.05, 4.69) is 0 Å². The Morgan fingerprint density at radius 3 is 2.06 bits per heavy atom. The summed E-state index contributed by atoms with van der Waals surface area (Å²) < 4.78 is 24.7. The smallest absolute Gasteiger partial charge is 0.271 e. The number of aromatic nitrogens is 1. The first kappa shape index (κ1) is 13.8. The molecule has 0 bridgehead atoms. The second kappa shape index (κ2) is 4.18. The third-order valence-electron chi connectivity index (χ3n) is 2.85. The van der Waals surface area contributed by atoms with Gasteiger partial charge in [0.05, 0.1) is 5.69 Å². The highest BCUT2D eigenvalue weighted by Gasteiger charge is 2.23. The van der Waals surface area contributed by atoms with Crippen molar-refractivity contribution in [2.45, 2.75) is 38.6 Å². The quantitative estimate of drug-likeness (QED) is 0.859. The van der Waals surface area contributed by atoms with Crippen LogP contribution in [0.4, 0.5) is 5.69 Å². The van der Waals surface area contributed by atoms with Gasteiger partial charge in [-0.25, -0.2) is 8.42 Å². The number of anilines is 1. The molecule has 0 radical (unpaired) electrons. The molecule has 17 heavy (non-hydrogen) atoms. The third kappa shape index (κ3) is 2.22. The Kier molecular flexibility index (Phi) is 3.38. The van der Waals surface area contributed by atoms with E-state index < -0.39 is 15.4 Å². The molecule has 0 fully saturated rings. The minimum atomic E-state index is -3.62. The Hall–Kier alpha value is -1.30. The lowest BCUT2D eigenvalue weighted by Crippen LogP contribution is -2.31. The monoisotopic (exact) mass is 258 g/mol. The molecule has 2 N–H and O–H groups in total. The SMILES string of the molecule is Cc1c(N)c(S(C)(=O)=O)c(=O)n(C(C)C)c1C. The van der Waals surface area contributed by atoms with Crippen LogP contribution in [0.25, 0.3) is 0 Å². The molecule has 0 aliphatic heterocycles. The van der Waals surface area contributed by atoms with Crippen LogP contribution in [-0.2, 0) is 9.84 Å². The highest BCUT2D eigenvalue weighted by Crippen LogP contribution is 2.22. The van der Waals surface area contributed by atoms with Crippen molar-refractivity contribution in [2.75, 3.05) is 12.0 Å². The summed E-state index contributed by atoms with van der Waals surface area (Å²) >= 11 is 0. The summed E-state index contributed by atoms with van der Waals surface area (Å²) in [5, 5.41) is 0. The van der Waals surface area contributed by atoms with Crippen LogP contribution in [0.3, 0.4) is 0 Å². The summed E-state index contributed by atoms with van der Waals surface area (Å²) in [6, 6.07) is -0.109. The zero-order valence-corrected chi connectivity index (χ0v) is 11.6. The number of nitrogens with two attached hydrogens (primary N) is 1. The fourth-order valence-corrected chi connectivity index (χ4v) is 2.87. The van der Waals surface area contributed by atoms with Gasteiger partial charge in [-0.3, -0.25) is 4.79 Å². The van der Waals surface area contributed by atoms with Crippen molar-refractivity contribution in [2.24, 2.45) is 0 Å². The lowest BCUT2D eigenvalue weighted by atomic mass is 10.1. The first-order valence-corrected chi connectivity index (χ1v) is 7.19. The average molecular weight is 258 g/mol. The lowest BCUT2D eigenvalue weighted by molar-refractivity contribution is 0.546. The molecule has 0 amide bonds. The van der Waals surface area contributed by atoms with Gasteiger partial charge >= 0.3 is 0 Å². The van der Waals surface area contributed by atoms with Crippen LogP contribution >= 0.6 is 0 Å². The molecule has 5 nitrogen and oxygen atoms in total. The van der Waals surface area contributed by atoms with Gasteiger partial charge in [0.1, 0.15) is 0 Å². The molecule has 0 saturated carbocycles. The molecule has 0 spiro atoms. The van der Waals surface area contributed by atoms with Crippen LogP contribution in [-0.4, -0.2) is 19.2 Å². The van der Waals surface area contributed by atoms with Gasteiger partial charge in [-0.1, -0.05) is 0 Å². The molecule has 0 atom stereocenters. The Balaban J connectivity index is 3.96. The van der Waals surface area contributed by atoms with Crippen molar-refractivity contribution in [3.8, 4) is 0 Å². The van der Waals surface area contributed by atoms with Crippen LogP contribution in [0.1, 0.15) is 31.1 Å². The van der Waals surface area contributed by atoms with E-state index in [9.17, 15) is 13.2 Å². The first-order valence-electron chi connectivity index (χ1n) is 5.30. The van der Waals surface area contributed by atoms with Gasteiger partial charge in [0.2, 0.25) is 0 Å². The molecule has 1 heterocycles. The van der Waals surface area contributed by atoms with Crippen molar-refractivity contribution in [1.29, 1.82) is 0 Å². The number of sulfone groups is 1. The van der Waals surface area contributed by atoms with E-state index in [-0.39, 0.29) is 16.6 Å². The molecule has 1 aromatic heterocycles. The highest BCUT2D eigenvalue weighted by molar-refractivity contribution is 7.90. The van der Waals surface area contributed by atoms with Crippen molar-refractivity contribution in [1.82, 2.24) is 4.57 Å². The minimum absolute atomic E-state index is 0.0619. The van der Waals surface area contributed by atoms with E-state index in [1.54, 1.807) is 13.8 Å². The second-order valence-corrected chi connectivity index (χ2v) is 6.45. The van der Waals surface area contributed by atoms with Crippen LogP contribution < -0.4 is 11.3 Å². The average Bonchev–Trinajstić information content (AvgIpc) is 2.11. The van der Waals surface area contributed by atoms with Gasteiger partial charge in [-0.15, -0.1) is 0 Å². The predicted molar refractivity (Wildman–Crippen MR) is 68.1 cm³/mol. The van der Waals surface area contributed by atoms with E-state index in [0.29, 0.717) is 11.3 Å². The number of hydrogen-bond donors (Lipinski definition) is 1. The fraction of sp³-hybridized carbons (Fsp3) is 0.545. The van der Waals surface area contributed by atoms with E-state index >= 15 is 0 Å². The second-order valence-electron chi connectivity index (χ2n) is 4.49. The normalized spacial score (nSPS) is 12.1. The molecule has 0 aromatic carbocycles. The van der Waals surface area contributed by atoms with E-state index in [4.69, 9.17) is 5.73 Å². The van der Waals surface area contributed by atoms with Crippen molar-refractivity contribution in [3.63, 3.8) is 0 Å². The van der Waals surface area contributed by atoms with Crippen LogP contribution in [0, 0.1) is 13.8 Å². The van der Waals surface area contributed by atoms with Crippen molar-refractivity contribution >= 4 is 15.5 Å². The predicted octanol–water partition coefficient (Wildman–Crippen LogP) is 1.03. The van der Waals surface area contributed by atoms with Crippen LogP contribution in [0.2, 0.25) is 0 Å². The number of rotatable bonds is 2. The molecular formula is C11H18N2O3S. The third-order valence-corrected chi connectivity index (χ3v) is 3.99. The molecule has 6 heteroatoms. The van der Waals surface area contributed by atoms with Gasteiger partial charge in [-0.05, 0) is 33.3 Å². The van der Waals surface area contributed by atoms with Gasteiger partial charge in [0, 0.05) is 18.0 Å². The molecular weight excluding hydrogens is 240 g/mol. The van der Waals surface area contributed by atoms with Gasteiger partial charge in [0.25, 0.3) is 5.56 Å². The van der Waals surface area contributed by atoms with E-state index in [1.807, 2.05) is 13.8 Å². The van der Waals surface area contributed by atoms with Gasteiger partial charge in [0.15, 0.2) is 14.7 Å². The van der Waals surface area contributed by atoms with Crippen LogP contribution in [0.15, 0.2) is 9.69 Å². The maximum absolute atomic E-state index is 12.2. The largest absolute Gasteiger partial charge is 0.397 e. The highest BCUT2D eigenvalue weighted by atomic mass is 32.2. The minimum Gasteiger partial charge on any atom is -0.397 e. The van der Waals surface area contributed by atoms with Gasteiger partial charge in [-0.2, -0.15) is 0 Å². The lowest BCUT2D eigenvalue weighted by Gasteiger charge is -2.19. The number of nitrogens with zero attached hydrogens (tertiary/aromatic N) is 1. The standard InChI is InChI=1S/C11H18N2O3S/c1-6(2)13-8(4)7(3)9(12)10(11(13)14)17(5,15)16/h6H,12H2,1-5H3. The summed E-state index contributed by atoms with van der Waals surface area (Å²) in [5.74, 6) is 0. The molecule has 0 aliphatic carbocycles. The van der Waals surface area contributed by atoms with Crippen molar-refractivity contribution in [3.05, 3.63) is 21.6 Å². The summed E-state index contributed by atoms with van der Waals surface area (Å²) in [6.45, 7) is 7.14. The zero-order valence-electron chi connectivity index (χ0n) is 10.7. The zero-order chi connectivity index (χ0) is 13.5. The number of nitrogen functional groups attached to an aromatic ring is 1. The Morgan fingerprint density at radius 1 is 1.24 bits per heavy atom. The molecule has 96 valence electrons. The van der Waals surface area contributed by atoms with Gasteiger partial charge < -0.3 is 10.3 Å². The van der Waals surface area contributed by atoms with Crippen molar-refractivity contribution < 1.29 is 8.42 Å². The summed E-state index contributed by atoms with van der Waals surface area (Å²) in [7, 11) is -3.62. The molecule has 0 aliphatic rings. The van der Waals surface area contributed by atoms with Crippen LogP contribution in [0.5, 0.6) is 0 Å². The molecule has 1 rings (SSSR count). The topological polar surface area (TPSA) is 82.2 Å². The number of hydrogen-bond acceptors (Lipinski definition) is 4. The number of pyridine rings is 1. The maximum Gasteiger partial charge on any atom is 0.271 e. The molecule has 0 unspecified atom stereocenters. The Labute approximate surface area is 101 Å². The Morgan fingerprint density at radius 2 is 1.71 bits per heavy atom. The summed E-state index contributed by atoms with van der Waals surface area (Å²) in [6.07, 6.45) is 1.000. The summed E-state index contributed by atoms with van der Waals surface area (Å²) in [4.78, 5) is 11.9. The summed E-state index contributed by atoms with van der Waals surface area (Å²) in [5.41, 5.74) is 6.61. The van der Waals surface area contributed by atoms with E-state index in [0.717, 1.165) is 6.26 Å². The molecule has 1 aromatic rings. The first-order chi connectivity index (χ1) is 7.59. The maximum atomic E-state index is 12.2. The fourth-order valence-electron chi connectivity index (χ4n) is 1.90. The Bertz CT molecular complexity index is 613.